The van der Waals surface area contributed by atoms with E-state index in [-0.39, 0.29) is 29.6 Å². The van der Waals surface area contributed by atoms with Gasteiger partial charge in [-0.15, -0.1) is 0 Å². The average Bonchev–Trinajstić information content (AvgIpc) is 3.18. The third-order valence-electron chi connectivity index (χ3n) is 5.75. The molecule has 2 N–H and O–H groups in total. The molecule has 0 aromatic heterocycles. The van der Waals surface area contributed by atoms with Gasteiger partial charge in [0.2, 0.25) is 5.91 Å². The second kappa shape index (κ2) is 7.55. The van der Waals surface area contributed by atoms with Gasteiger partial charge in [-0.25, -0.2) is 0 Å². The van der Waals surface area contributed by atoms with Crippen molar-refractivity contribution in [2.75, 3.05) is 32.8 Å². The Balaban J connectivity index is 1.60. The summed E-state index contributed by atoms with van der Waals surface area (Å²) < 4.78 is 5.35. The van der Waals surface area contributed by atoms with E-state index in [1.807, 2.05) is 11.8 Å². The van der Waals surface area contributed by atoms with E-state index in [1.165, 1.54) is 0 Å². The first kappa shape index (κ1) is 19.1. The topological polar surface area (TPSA) is 85.7 Å². The Bertz CT molecular complexity index is 573. The van der Waals surface area contributed by atoms with Crippen LogP contribution in [-0.2, 0) is 14.3 Å². The summed E-state index contributed by atoms with van der Waals surface area (Å²) in [6.45, 7) is 9.26. The molecule has 7 heteroatoms. The number of likely N-dealkylation sites (tertiary alicyclic amines) is 1. The maximum Gasteiger partial charge on any atom is 0.254 e. The SMILES string of the molecule is CC(C)CC1(C)NC(=N)N(CC2CCCN(C(=O)C3CCOC3)C2)C1=O. The van der Waals surface area contributed by atoms with Crippen LogP contribution in [0.4, 0.5) is 0 Å². The molecule has 3 unspecified atom stereocenters. The fourth-order valence-corrected chi connectivity index (χ4v) is 4.57. The predicted octanol–water partition coefficient (Wildman–Crippen LogP) is 1.43. The normalized spacial score (nSPS) is 32.5. The van der Waals surface area contributed by atoms with Gasteiger partial charge in [0.05, 0.1) is 12.5 Å². The molecule has 0 aromatic rings. The van der Waals surface area contributed by atoms with Crippen LogP contribution < -0.4 is 5.32 Å². The second-order valence-electron chi connectivity index (χ2n) is 8.67. The third-order valence-corrected chi connectivity index (χ3v) is 5.75. The molecule has 3 aliphatic rings. The van der Waals surface area contributed by atoms with Crippen LogP contribution in [0.5, 0.6) is 0 Å². The van der Waals surface area contributed by atoms with E-state index < -0.39 is 5.54 Å². The molecule has 7 nitrogen and oxygen atoms in total. The van der Waals surface area contributed by atoms with E-state index in [9.17, 15) is 9.59 Å². The first-order valence-electron chi connectivity index (χ1n) is 9.85. The first-order chi connectivity index (χ1) is 12.3. The minimum absolute atomic E-state index is 0.00327. The number of ether oxygens (including phenoxy) is 1. The molecule has 3 saturated heterocycles. The van der Waals surface area contributed by atoms with Gasteiger partial charge in [0.15, 0.2) is 5.96 Å². The van der Waals surface area contributed by atoms with Crippen molar-refractivity contribution in [2.45, 2.75) is 52.0 Å². The molecule has 3 fully saturated rings. The van der Waals surface area contributed by atoms with Crippen molar-refractivity contribution in [2.24, 2.45) is 17.8 Å². The molecule has 0 aromatic carbocycles. The maximum atomic E-state index is 12.9. The number of amides is 2. The summed E-state index contributed by atoms with van der Waals surface area (Å²) in [5.74, 6) is 0.979. The number of carbonyl (C=O) groups is 2. The van der Waals surface area contributed by atoms with Gasteiger partial charge in [0, 0.05) is 26.2 Å². The van der Waals surface area contributed by atoms with Gasteiger partial charge in [-0.3, -0.25) is 19.9 Å². The van der Waals surface area contributed by atoms with Gasteiger partial charge < -0.3 is 15.0 Å². The van der Waals surface area contributed by atoms with Crippen LogP contribution in [0.1, 0.15) is 46.5 Å². The third kappa shape index (κ3) is 3.87. The van der Waals surface area contributed by atoms with Gasteiger partial charge >= 0.3 is 0 Å². The van der Waals surface area contributed by atoms with Crippen molar-refractivity contribution >= 4 is 17.8 Å². The van der Waals surface area contributed by atoms with E-state index in [0.29, 0.717) is 38.6 Å². The van der Waals surface area contributed by atoms with Crippen LogP contribution in [0.15, 0.2) is 0 Å². The van der Waals surface area contributed by atoms with E-state index in [2.05, 4.69) is 19.2 Å². The zero-order chi connectivity index (χ0) is 18.9. The van der Waals surface area contributed by atoms with E-state index in [4.69, 9.17) is 10.1 Å². The minimum atomic E-state index is -0.684. The van der Waals surface area contributed by atoms with Crippen LogP contribution in [-0.4, -0.2) is 66.0 Å². The highest BCUT2D eigenvalue weighted by atomic mass is 16.5. The lowest BCUT2D eigenvalue weighted by Gasteiger charge is -2.35. The summed E-state index contributed by atoms with van der Waals surface area (Å²) in [5.41, 5.74) is -0.684. The lowest BCUT2D eigenvalue weighted by molar-refractivity contribution is -0.137. The Morgan fingerprint density at radius 2 is 2.19 bits per heavy atom. The smallest absolute Gasteiger partial charge is 0.254 e. The van der Waals surface area contributed by atoms with Crippen LogP contribution >= 0.6 is 0 Å². The van der Waals surface area contributed by atoms with Crippen LogP contribution in [0.25, 0.3) is 0 Å². The highest BCUT2D eigenvalue weighted by Gasteiger charge is 2.46. The summed E-state index contributed by atoms with van der Waals surface area (Å²) in [6, 6.07) is 0. The molecule has 0 aliphatic carbocycles. The Morgan fingerprint density at radius 1 is 1.42 bits per heavy atom. The summed E-state index contributed by atoms with van der Waals surface area (Å²) in [6.07, 6.45) is 3.47. The highest BCUT2D eigenvalue weighted by Crippen LogP contribution is 2.28. The molecule has 3 rings (SSSR count). The molecule has 146 valence electrons. The van der Waals surface area contributed by atoms with Crippen LogP contribution in [0.2, 0.25) is 0 Å². The van der Waals surface area contributed by atoms with Gasteiger partial charge in [0.25, 0.3) is 5.91 Å². The van der Waals surface area contributed by atoms with Crippen molar-refractivity contribution in [3.8, 4) is 0 Å². The summed E-state index contributed by atoms with van der Waals surface area (Å²) in [4.78, 5) is 29.1. The summed E-state index contributed by atoms with van der Waals surface area (Å²) in [7, 11) is 0. The van der Waals surface area contributed by atoms with E-state index >= 15 is 0 Å². The Kier molecular flexibility index (Phi) is 5.55. The molecule has 3 heterocycles. The number of nitrogens with one attached hydrogen (secondary N) is 2. The van der Waals surface area contributed by atoms with E-state index in [0.717, 1.165) is 25.8 Å². The Morgan fingerprint density at radius 3 is 2.85 bits per heavy atom. The monoisotopic (exact) mass is 364 g/mol. The predicted molar refractivity (Wildman–Crippen MR) is 98.7 cm³/mol. The van der Waals surface area contributed by atoms with Crippen LogP contribution in [0, 0.1) is 23.2 Å². The molecule has 2 amide bonds. The van der Waals surface area contributed by atoms with E-state index in [1.54, 1.807) is 4.90 Å². The fraction of sp³-hybridized carbons (Fsp3) is 0.842. The van der Waals surface area contributed by atoms with Crippen molar-refractivity contribution in [1.82, 2.24) is 15.1 Å². The van der Waals surface area contributed by atoms with Gasteiger partial charge in [-0.05, 0) is 44.4 Å². The Hall–Kier alpha value is -1.63. The van der Waals surface area contributed by atoms with Crippen molar-refractivity contribution in [3.63, 3.8) is 0 Å². The van der Waals surface area contributed by atoms with Gasteiger partial charge in [-0.1, -0.05) is 13.8 Å². The fourth-order valence-electron chi connectivity index (χ4n) is 4.57. The lowest BCUT2D eigenvalue weighted by Crippen LogP contribution is -2.48. The molecular formula is C19H32N4O3. The number of hydrogen-bond acceptors (Lipinski definition) is 4. The van der Waals surface area contributed by atoms with Crippen LogP contribution in [0.3, 0.4) is 0 Å². The number of nitrogens with zero attached hydrogens (tertiary/aromatic N) is 2. The molecular weight excluding hydrogens is 332 g/mol. The van der Waals surface area contributed by atoms with Crippen molar-refractivity contribution in [1.29, 1.82) is 5.41 Å². The molecule has 0 spiro atoms. The standard InChI is InChI=1S/C19H32N4O3/c1-13(2)9-19(3)17(25)23(18(20)21-19)11-14-5-4-7-22(10-14)16(24)15-6-8-26-12-15/h13-15H,4-12H2,1-3H3,(H2,20,21). The van der Waals surface area contributed by atoms with Gasteiger partial charge in [0.1, 0.15) is 5.54 Å². The molecule has 3 aliphatic heterocycles. The molecule has 0 radical (unpaired) electrons. The molecule has 0 saturated carbocycles. The number of piperidine rings is 1. The largest absolute Gasteiger partial charge is 0.381 e. The zero-order valence-corrected chi connectivity index (χ0v) is 16.2. The minimum Gasteiger partial charge on any atom is -0.381 e. The quantitative estimate of drug-likeness (QED) is 0.773. The summed E-state index contributed by atoms with van der Waals surface area (Å²) in [5, 5.41) is 11.3. The van der Waals surface area contributed by atoms with Gasteiger partial charge in [-0.2, -0.15) is 0 Å². The average molecular weight is 364 g/mol. The number of carbonyl (C=O) groups excluding carboxylic acids is 2. The molecule has 26 heavy (non-hydrogen) atoms. The van der Waals surface area contributed by atoms with Crippen molar-refractivity contribution in [3.05, 3.63) is 0 Å². The zero-order valence-electron chi connectivity index (χ0n) is 16.2. The Labute approximate surface area is 155 Å². The summed E-state index contributed by atoms with van der Waals surface area (Å²) >= 11 is 0. The maximum absolute atomic E-state index is 12.9. The number of rotatable bonds is 5. The highest BCUT2D eigenvalue weighted by molar-refractivity contribution is 6.07. The number of hydrogen-bond donors (Lipinski definition) is 2. The molecule has 0 bridgehead atoms. The second-order valence-corrected chi connectivity index (χ2v) is 8.67. The molecule has 3 atom stereocenters. The lowest BCUT2D eigenvalue weighted by atomic mass is 9.90. The first-order valence-corrected chi connectivity index (χ1v) is 9.85. The van der Waals surface area contributed by atoms with Crippen molar-refractivity contribution < 1.29 is 14.3 Å². The number of guanidine groups is 1.